The zero-order valence-electron chi connectivity index (χ0n) is 13.9. The normalized spacial score (nSPS) is 16.8. The van der Waals surface area contributed by atoms with Gasteiger partial charge in [0.15, 0.2) is 0 Å². The first-order valence-electron chi connectivity index (χ1n) is 8.09. The Morgan fingerprint density at radius 1 is 1.32 bits per heavy atom. The molecule has 0 fully saturated rings. The van der Waals surface area contributed by atoms with Gasteiger partial charge in [-0.2, -0.15) is 5.10 Å². The standard InChI is InChI=1S/C16H21N5OS.2ClH/c17-16(22)15-6-11-9-20(5-2-14(11)23-15)10-12-7-13-8-18-3-1-4-21(13)19-12;;/h6-7,18H,1-5,8-10H2,(H2,17,22);2*1H. The second kappa shape index (κ2) is 8.51. The van der Waals surface area contributed by atoms with E-state index in [0.29, 0.717) is 4.88 Å². The summed E-state index contributed by atoms with van der Waals surface area (Å²) in [7, 11) is 0. The van der Waals surface area contributed by atoms with Crippen molar-refractivity contribution in [2.45, 2.75) is 39.0 Å². The number of aryl methyl sites for hydroxylation is 1. The number of halogens is 2. The fourth-order valence-electron chi connectivity index (χ4n) is 3.38. The van der Waals surface area contributed by atoms with Crippen molar-refractivity contribution in [1.82, 2.24) is 20.0 Å². The number of hydrogen-bond donors (Lipinski definition) is 2. The highest BCUT2D eigenvalue weighted by atomic mass is 35.5. The minimum atomic E-state index is -0.318. The molecule has 3 N–H and O–H groups in total. The van der Waals surface area contributed by atoms with Gasteiger partial charge in [0.2, 0.25) is 0 Å². The zero-order chi connectivity index (χ0) is 15.8. The van der Waals surface area contributed by atoms with Gasteiger partial charge in [0, 0.05) is 37.6 Å². The fourth-order valence-corrected chi connectivity index (χ4v) is 4.39. The van der Waals surface area contributed by atoms with Gasteiger partial charge in [0.25, 0.3) is 5.91 Å². The molecule has 2 aromatic heterocycles. The van der Waals surface area contributed by atoms with E-state index in [1.54, 1.807) is 11.3 Å². The van der Waals surface area contributed by atoms with Crippen LogP contribution < -0.4 is 11.1 Å². The van der Waals surface area contributed by atoms with Crippen LogP contribution in [0.25, 0.3) is 0 Å². The molecule has 2 aliphatic rings. The third-order valence-electron chi connectivity index (χ3n) is 4.52. The summed E-state index contributed by atoms with van der Waals surface area (Å²) in [6, 6.07) is 4.18. The number of amides is 1. The lowest BCUT2D eigenvalue weighted by molar-refractivity contribution is 0.100. The smallest absolute Gasteiger partial charge is 0.258 e. The van der Waals surface area contributed by atoms with Gasteiger partial charge in [-0.05, 0) is 37.1 Å². The summed E-state index contributed by atoms with van der Waals surface area (Å²) in [5.41, 5.74) is 9.06. The molecule has 9 heteroatoms. The molecule has 0 spiro atoms. The monoisotopic (exact) mass is 403 g/mol. The maximum Gasteiger partial charge on any atom is 0.258 e. The van der Waals surface area contributed by atoms with E-state index in [2.05, 4.69) is 21.0 Å². The Balaban J connectivity index is 0.00000113. The van der Waals surface area contributed by atoms with E-state index in [0.717, 1.165) is 57.8 Å². The van der Waals surface area contributed by atoms with Crippen LogP contribution in [0.2, 0.25) is 0 Å². The van der Waals surface area contributed by atoms with Gasteiger partial charge in [-0.1, -0.05) is 0 Å². The Labute approximate surface area is 163 Å². The molecule has 25 heavy (non-hydrogen) atoms. The van der Waals surface area contributed by atoms with Crippen molar-refractivity contribution in [3.63, 3.8) is 0 Å². The van der Waals surface area contributed by atoms with Crippen LogP contribution in [0.3, 0.4) is 0 Å². The minimum Gasteiger partial charge on any atom is -0.365 e. The van der Waals surface area contributed by atoms with Crippen molar-refractivity contribution in [3.05, 3.63) is 38.8 Å². The van der Waals surface area contributed by atoms with Gasteiger partial charge in [0.05, 0.1) is 16.3 Å². The number of carbonyl (C=O) groups is 1. The van der Waals surface area contributed by atoms with E-state index >= 15 is 0 Å². The highest BCUT2D eigenvalue weighted by Crippen LogP contribution is 2.28. The molecule has 2 aromatic rings. The maximum absolute atomic E-state index is 11.3. The van der Waals surface area contributed by atoms with Crippen LogP contribution in [-0.2, 0) is 32.6 Å². The van der Waals surface area contributed by atoms with Crippen LogP contribution in [-0.4, -0.2) is 33.7 Å². The van der Waals surface area contributed by atoms with Crippen molar-refractivity contribution in [2.75, 3.05) is 13.1 Å². The summed E-state index contributed by atoms with van der Waals surface area (Å²) in [6.45, 7) is 5.71. The van der Waals surface area contributed by atoms with Crippen molar-refractivity contribution in [3.8, 4) is 0 Å². The van der Waals surface area contributed by atoms with E-state index in [9.17, 15) is 4.79 Å². The van der Waals surface area contributed by atoms with E-state index in [-0.39, 0.29) is 30.7 Å². The van der Waals surface area contributed by atoms with Crippen molar-refractivity contribution >= 4 is 42.1 Å². The Morgan fingerprint density at radius 3 is 2.96 bits per heavy atom. The number of hydrogen-bond acceptors (Lipinski definition) is 5. The van der Waals surface area contributed by atoms with Gasteiger partial charge in [-0.3, -0.25) is 14.4 Å². The van der Waals surface area contributed by atoms with Crippen molar-refractivity contribution in [2.24, 2.45) is 5.73 Å². The molecule has 0 unspecified atom stereocenters. The van der Waals surface area contributed by atoms with Crippen LogP contribution in [0.5, 0.6) is 0 Å². The molecular weight excluding hydrogens is 381 g/mol. The Bertz CT molecular complexity index is 721. The van der Waals surface area contributed by atoms with E-state index in [1.807, 2.05) is 6.07 Å². The lowest BCUT2D eigenvalue weighted by atomic mass is 10.1. The second-order valence-corrected chi connectivity index (χ2v) is 7.40. The molecule has 1 amide bonds. The van der Waals surface area contributed by atoms with Crippen LogP contribution in [0.4, 0.5) is 0 Å². The summed E-state index contributed by atoms with van der Waals surface area (Å²) in [6.07, 6.45) is 2.12. The Morgan fingerprint density at radius 2 is 2.16 bits per heavy atom. The van der Waals surface area contributed by atoms with Crippen LogP contribution in [0, 0.1) is 0 Å². The number of nitrogens with one attached hydrogen (secondary N) is 1. The first kappa shape index (κ1) is 20.2. The highest BCUT2D eigenvalue weighted by molar-refractivity contribution is 7.14. The molecule has 138 valence electrons. The summed E-state index contributed by atoms with van der Waals surface area (Å²) < 4.78 is 2.14. The number of carbonyl (C=O) groups excluding carboxylic acids is 1. The highest BCUT2D eigenvalue weighted by Gasteiger charge is 2.22. The second-order valence-electron chi connectivity index (χ2n) is 6.26. The lowest BCUT2D eigenvalue weighted by Gasteiger charge is -2.25. The minimum absolute atomic E-state index is 0. The van der Waals surface area contributed by atoms with E-state index in [4.69, 9.17) is 10.8 Å². The Kier molecular flexibility index (Phi) is 6.87. The number of fused-ring (bicyclic) bond motifs is 2. The predicted molar refractivity (Wildman–Crippen MR) is 104 cm³/mol. The molecule has 0 atom stereocenters. The quantitative estimate of drug-likeness (QED) is 0.820. The third kappa shape index (κ3) is 4.35. The van der Waals surface area contributed by atoms with Gasteiger partial charge in [-0.25, -0.2) is 0 Å². The topological polar surface area (TPSA) is 76.2 Å². The summed E-state index contributed by atoms with van der Waals surface area (Å²) in [4.78, 5) is 15.7. The molecule has 0 radical (unpaired) electrons. The number of thiophene rings is 1. The van der Waals surface area contributed by atoms with Gasteiger partial charge >= 0.3 is 0 Å². The number of aromatic nitrogens is 2. The molecule has 2 aliphatic heterocycles. The van der Waals surface area contributed by atoms with Crippen molar-refractivity contribution < 1.29 is 4.79 Å². The molecule has 6 nitrogen and oxygen atoms in total. The third-order valence-corrected chi connectivity index (χ3v) is 5.77. The molecule has 0 saturated heterocycles. The first-order valence-corrected chi connectivity index (χ1v) is 8.91. The molecule has 0 aliphatic carbocycles. The van der Waals surface area contributed by atoms with Gasteiger partial charge in [-0.15, -0.1) is 36.2 Å². The summed E-state index contributed by atoms with van der Waals surface area (Å²) in [5.74, 6) is -0.318. The molecule has 0 bridgehead atoms. The van der Waals surface area contributed by atoms with Gasteiger partial charge in [0.1, 0.15) is 0 Å². The fraction of sp³-hybridized carbons (Fsp3) is 0.500. The molecule has 4 rings (SSSR count). The predicted octanol–water partition coefficient (Wildman–Crippen LogP) is 1.94. The van der Waals surface area contributed by atoms with Gasteiger partial charge < -0.3 is 11.1 Å². The molecular formula is C16H23Cl2N5OS. The molecule has 0 aromatic carbocycles. The average Bonchev–Trinajstić information content (AvgIpc) is 3.05. The maximum atomic E-state index is 11.3. The molecule has 0 saturated carbocycles. The lowest BCUT2D eigenvalue weighted by Crippen LogP contribution is -2.29. The van der Waals surface area contributed by atoms with Crippen molar-refractivity contribution in [1.29, 1.82) is 0 Å². The summed E-state index contributed by atoms with van der Waals surface area (Å²) >= 11 is 1.55. The number of rotatable bonds is 3. The number of nitrogens with two attached hydrogens (primary N) is 1. The Hall–Kier alpha value is -1.12. The van der Waals surface area contributed by atoms with E-state index < -0.39 is 0 Å². The SMILES string of the molecule is Cl.Cl.NC(=O)c1cc2c(s1)CCN(Cc1cc3n(n1)CCCNC3)C2. The molecule has 4 heterocycles. The first-order chi connectivity index (χ1) is 11.2. The number of primary amides is 1. The van der Waals surface area contributed by atoms with Crippen LogP contribution in [0.1, 0.15) is 37.9 Å². The van der Waals surface area contributed by atoms with Crippen LogP contribution in [0.15, 0.2) is 12.1 Å². The summed E-state index contributed by atoms with van der Waals surface area (Å²) in [5, 5.41) is 8.19. The average molecular weight is 404 g/mol. The van der Waals surface area contributed by atoms with Crippen LogP contribution >= 0.6 is 36.2 Å². The largest absolute Gasteiger partial charge is 0.365 e. The van der Waals surface area contributed by atoms with E-state index in [1.165, 1.54) is 16.1 Å². The zero-order valence-corrected chi connectivity index (χ0v) is 16.3. The number of nitrogens with zero attached hydrogens (tertiary/aromatic N) is 3.